The normalized spacial score (nSPS) is 10.4. The maximum absolute atomic E-state index is 11.6. The molecule has 2 aromatic rings. The summed E-state index contributed by atoms with van der Waals surface area (Å²) in [4.78, 5) is 15.9. The maximum Gasteiger partial charge on any atom is 0.268 e. The van der Waals surface area contributed by atoms with Crippen LogP contribution in [0.1, 0.15) is 24.2 Å². The molecule has 0 aliphatic heterocycles. The number of carbonyl (C=O) groups is 1. The molecule has 0 radical (unpaired) electrons. The molecule has 1 aromatic heterocycles. The number of anilines is 1. The van der Waals surface area contributed by atoms with Crippen LogP contribution in [0, 0.1) is 0 Å². The number of pyridine rings is 1. The Balaban J connectivity index is 2.64. The molecule has 0 fully saturated rings. The highest BCUT2D eigenvalue weighted by Gasteiger charge is 2.15. The fourth-order valence-corrected chi connectivity index (χ4v) is 2.02. The van der Waals surface area contributed by atoms with Gasteiger partial charge in [-0.25, -0.2) is 5.84 Å². The van der Waals surface area contributed by atoms with Crippen LogP contribution in [0.15, 0.2) is 18.3 Å². The van der Waals surface area contributed by atoms with Gasteiger partial charge in [0.2, 0.25) is 0 Å². The fourth-order valence-electron chi connectivity index (χ4n) is 2.02. The lowest BCUT2D eigenvalue weighted by Gasteiger charge is -2.13. The first kappa shape index (κ1) is 14.9. The van der Waals surface area contributed by atoms with Gasteiger partial charge in [0.25, 0.3) is 5.91 Å². The first-order chi connectivity index (χ1) is 10.1. The van der Waals surface area contributed by atoms with E-state index in [0.717, 1.165) is 0 Å². The average Bonchev–Trinajstić information content (AvgIpc) is 2.48. The van der Waals surface area contributed by atoms with Gasteiger partial charge in [-0.05, 0) is 19.9 Å². The molecule has 0 saturated heterocycles. The Morgan fingerprint density at radius 3 is 2.43 bits per heavy atom. The number of nitrogens with two attached hydrogens (primary N) is 2. The molecule has 0 atom stereocenters. The molecule has 0 spiro atoms. The van der Waals surface area contributed by atoms with Crippen molar-refractivity contribution in [3.05, 3.63) is 23.9 Å². The number of nitrogens with one attached hydrogen (secondary N) is 1. The molecule has 1 amide bonds. The lowest BCUT2D eigenvalue weighted by Crippen LogP contribution is -2.30. The van der Waals surface area contributed by atoms with Crippen molar-refractivity contribution in [2.24, 2.45) is 5.84 Å². The number of ether oxygens (including phenoxy) is 2. The van der Waals surface area contributed by atoms with Gasteiger partial charge in [-0.1, -0.05) is 0 Å². The smallest absolute Gasteiger partial charge is 0.268 e. The van der Waals surface area contributed by atoms with Crippen molar-refractivity contribution >= 4 is 22.5 Å². The maximum atomic E-state index is 11.6. The van der Waals surface area contributed by atoms with Crippen molar-refractivity contribution in [1.82, 2.24) is 10.4 Å². The van der Waals surface area contributed by atoms with Crippen molar-refractivity contribution < 1.29 is 14.3 Å². The van der Waals surface area contributed by atoms with Crippen molar-refractivity contribution in [3.8, 4) is 11.5 Å². The number of rotatable bonds is 5. The van der Waals surface area contributed by atoms with E-state index in [1.807, 2.05) is 19.3 Å². The summed E-state index contributed by atoms with van der Waals surface area (Å²) in [6.45, 7) is 4.76. The number of aromatic nitrogens is 1. The zero-order valence-electron chi connectivity index (χ0n) is 12.0. The number of nitrogen functional groups attached to an aromatic ring is 2. The third kappa shape index (κ3) is 2.82. The molecule has 0 aliphatic carbocycles. The summed E-state index contributed by atoms with van der Waals surface area (Å²) in [6, 6.07) is 3.46. The van der Waals surface area contributed by atoms with Crippen LogP contribution in [0.5, 0.6) is 11.5 Å². The highest BCUT2D eigenvalue weighted by atomic mass is 16.5. The predicted octanol–water partition coefficient (Wildman–Crippen LogP) is 1.22. The second-order valence-electron chi connectivity index (χ2n) is 4.24. The van der Waals surface area contributed by atoms with Gasteiger partial charge in [0.1, 0.15) is 0 Å². The molecule has 0 bridgehead atoms. The summed E-state index contributed by atoms with van der Waals surface area (Å²) in [7, 11) is 0. The Bertz CT molecular complexity index is 673. The third-order valence-corrected chi connectivity index (χ3v) is 2.95. The van der Waals surface area contributed by atoms with Crippen LogP contribution in [0.25, 0.3) is 10.9 Å². The second kappa shape index (κ2) is 6.27. The monoisotopic (exact) mass is 290 g/mol. The number of benzene rings is 1. The highest BCUT2D eigenvalue weighted by Crippen LogP contribution is 2.35. The van der Waals surface area contributed by atoms with Crippen LogP contribution in [0.3, 0.4) is 0 Å². The van der Waals surface area contributed by atoms with Crippen LogP contribution < -0.4 is 26.5 Å². The summed E-state index contributed by atoms with van der Waals surface area (Å²) in [5.74, 6) is 5.79. The Labute approximate surface area is 122 Å². The molecule has 0 saturated carbocycles. The number of fused-ring (bicyclic) bond motifs is 1. The van der Waals surface area contributed by atoms with E-state index in [4.69, 9.17) is 21.1 Å². The number of nitrogens with zero attached hydrogens (tertiary/aromatic N) is 1. The van der Waals surface area contributed by atoms with E-state index in [0.29, 0.717) is 41.3 Å². The van der Waals surface area contributed by atoms with E-state index in [1.54, 1.807) is 12.1 Å². The van der Waals surface area contributed by atoms with Crippen LogP contribution in [-0.4, -0.2) is 24.1 Å². The van der Waals surface area contributed by atoms with E-state index < -0.39 is 5.91 Å². The summed E-state index contributed by atoms with van der Waals surface area (Å²) < 4.78 is 11.1. The highest BCUT2D eigenvalue weighted by molar-refractivity contribution is 6.06. The van der Waals surface area contributed by atoms with Gasteiger partial charge in [0, 0.05) is 17.6 Å². The first-order valence-corrected chi connectivity index (χ1v) is 6.61. The Kier molecular flexibility index (Phi) is 4.44. The van der Waals surface area contributed by atoms with E-state index >= 15 is 0 Å². The van der Waals surface area contributed by atoms with Gasteiger partial charge < -0.3 is 15.2 Å². The van der Waals surface area contributed by atoms with Gasteiger partial charge in [-0.15, -0.1) is 0 Å². The Morgan fingerprint density at radius 1 is 1.24 bits per heavy atom. The molecule has 1 heterocycles. The van der Waals surface area contributed by atoms with Gasteiger partial charge in [0.05, 0.1) is 30.0 Å². The summed E-state index contributed by atoms with van der Waals surface area (Å²) >= 11 is 0. The van der Waals surface area contributed by atoms with Gasteiger partial charge in [0.15, 0.2) is 11.5 Å². The van der Waals surface area contributed by atoms with Gasteiger partial charge in [-0.3, -0.25) is 15.2 Å². The number of carbonyl (C=O) groups excluding carboxylic acids is 1. The topological polar surface area (TPSA) is 112 Å². The number of hydrogen-bond donors (Lipinski definition) is 3. The third-order valence-electron chi connectivity index (χ3n) is 2.95. The van der Waals surface area contributed by atoms with Crippen molar-refractivity contribution in [3.63, 3.8) is 0 Å². The lowest BCUT2D eigenvalue weighted by atomic mass is 10.1. The number of amides is 1. The molecule has 0 unspecified atom stereocenters. The zero-order valence-corrected chi connectivity index (χ0v) is 12.0. The molecule has 0 aliphatic rings. The van der Waals surface area contributed by atoms with Crippen LogP contribution in [-0.2, 0) is 0 Å². The zero-order chi connectivity index (χ0) is 15.4. The second-order valence-corrected chi connectivity index (χ2v) is 4.24. The molecule has 7 nitrogen and oxygen atoms in total. The fraction of sp³-hybridized carbons (Fsp3) is 0.286. The molecule has 112 valence electrons. The van der Waals surface area contributed by atoms with Crippen LogP contribution >= 0.6 is 0 Å². The van der Waals surface area contributed by atoms with E-state index in [2.05, 4.69) is 4.98 Å². The van der Waals surface area contributed by atoms with Crippen molar-refractivity contribution in [2.45, 2.75) is 13.8 Å². The SMILES string of the molecule is CCOc1cc2ncc(C(=O)NN)c(N)c2cc1OCC. The van der Waals surface area contributed by atoms with E-state index in [9.17, 15) is 4.79 Å². The molecular weight excluding hydrogens is 272 g/mol. The minimum absolute atomic E-state index is 0.219. The Morgan fingerprint density at radius 2 is 1.86 bits per heavy atom. The average molecular weight is 290 g/mol. The number of hydrazine groups is 1. The van der Waals surface area contributed by atoms with Crippen molar-refractivity contribution in [1.29, 1.82) is 0 Å². The van der Waals surface area contributed by atoms with Crippen LogP contribution in [0.2, 0.25) is 0 Å². The van der Waals surface area contributed by atoms with E-state index in [1.165, 1.54) is 6.20 Å². The van der Waals surface area contributed by atoms with Gasteiger partial charge >= 0.3 is 0 Å². The minimum Gasteiger partial charge on any atom is -0.490 e. The summed E-state index contributed by atoms with van der Waals surface area (Å²) in [6.07, 6.45) is 1.38. The van der Waals surface area contributed by atoms with Crippen LogP contribution in [0.4, 0.5) is 5.69 Å². The first-order valence-electron chi connectivity index (χ1n) is 6.61. The molecular formula is C14H18N4O3. The van der Waals surface area contributed by atoms with E-state index in [-0.39, 0.29) is 5.56 Å². The quantitative estimate of drug-likeness (QED) is 0.433. The number of hydrogen-bond acceptors (Lipinski definition) is 6. The lowest BCUT2D eigenvalue weighted by molar-refractivity contribution is 0.0954. The van der Waals surface area contributed by atoms with Crippen molar-refractivity contribution in [2.75, 3.05) is 18.9 Å². The minimum atomic E-state index is -0.492. The molecule has 1 aromatic carbocycles. The largest absolute Gasteiger partial charge is 0.490 e. The predicted molar refractivity (Wildman–Crippen MR) is 80.1 cm³/mol. The Hall–Kier alpha value is -2.54. The molecule has 2 rings (SSSR count). The molecule has 5 N–H and O–H groups in total. The van der Waals surface area contributed by atoms with Gasteiger partial charge in [-0.2, -0.15) is 0 Å². The summed E-state index contributed by atoms with van der Waals surface area (Å²) in [5.41, 5.74) is 9.21. The molecule has 21 heavy (non-hydrogen) atoms. The standard InChI is InChI=1S/C14H18N4O3/c1-3-20-11-5-8-10(6-12(11)21-4-2)17-7-9(13(8)15)14(19)18-16/h5-7H,3-4,16H2,1-2H3,(H2,15,17)(H,18,19). The summed E-state index contributed by atoms with van der Waals surface area (Å²) in [5, 5.41) is 0.614. The molecule has 7 heteroatoms.